The SMILES string of the molecule is C[C@H](O)Cc1cccc([C@@]2(C)CCCC(C)(C)CS(=O)(=O)CCc3c(c(F)cc4[nH]ccc34)[S+]([O-])c3ccc(F)c(c3)-c3nc2nn3C)c1. The first-order valence-electron chi connectivity index (χ1n) is 16.5. The first-order valence-corrected chi connectivity index (χ1v) is 19.4. The number of benzene rings is 3. The Morgan fingerprint density at radius 3 is 2.61 bits per heavy atom. The summed E-state index contributed by atoms with van der Waals surface area (Å²) in [5, 5.41) is 15.5. The highest BCUT2D eigenvalue weighted by Crippen LogP contribution is 2.40. The molecule has 4 bridgehead atoms. The number of sulfone groups is 1. The highest BCUT2D eigenvalue weighted by Gasteiger charge is 2.37. The van der Waals surface area contributed by atoms with Crippen LogP contribution in [0.5, 0.6) is 0 Å². The Morgan fingerprint density at radius 2 is 1.86 bits per heavy atom. The largest absolute Gasteiger partial charge is 0.606 e. The van der Waals surface area contributed by atoms with Gasteiger partial charge in [0.1, 0.15) is 5.82 Å². The van der Waals surface area contributed by atoms with E-state index in [-0.39, 0.29) is 39.1 Å². The van der Waals surface area contributed by atoms with Crippen LogP contribution >= 0.6 is 0 Å². The number of aliphatic hydroxyl groups excluding tert-OH is 1. The molecule has 49 heavy (non-hydrogen) atoms. The summed E-state index contributed by atoms with van der Waals surface area (Å²) in [5.41, 5.74) is 1.40. The van der Waals surface area contributed by atoms with Crippen molar-refractivity contribution in [1.29, 1.82) is 0 Å². The van der Waals surface area contributed by atoms with Crippen LogP contribution in [0.4, 0.5) is 8.78 Å². The Bertz CT molecular complexity index is 2130. The van der Waals surface area contributed by atoms with Crippen LogP contribution in [0.15, 0.2) is 70.6 Å². The maximum atomic E-state index is 15.8. The first kappa shape index (κ1) is 35.3. The summed E-state index contributed by atoms with van der Waals surface area (Å²) < 4.78 is 74.5. The van der Waals surface area contributed by atoms with Gasteiger partial charge in [0.05, 0.1) is 28.6 Å². The molecule has 1 unspecified atom stereocenters. The summed E-state index contributed by atoms with van der Waals surface area (Å²) >= 11 is -2.12. The van der Waals surface area contributed by atoms with Crippen LogP contribution in [0.25, 0.3) is 22.3 Å². The number of aromatic amines is 1. The van der Waals surface area contributed by atoms with Crippen LogP contribution in [-0.2, 0) is 46.3 Å². The minimum atomic E-state index is -3.62. The Morgan fingerprint density at radius 1 is 1.08 bits per heavy atom. The highest BCUT2D eigenvalue weighted by molar-refractivity contribution is 7.92. The number of halogens is 2. The lowest BCUT2D eigenvalue weighted by Crippen LogP contribution is -2.29. The van der Waals surface area contributed by atoms with Crippen molar-refractivity contribution in [2.45, 2.75) is 81.1 Å². The molecule has 6 rings (SSSR count). The molecule has 0 fully saturated rings. The van der Waals surface area contributed by atoms with Crippen molar-refractivity contribution in [2.24, 2.45) is 12.5 Å². The van der Waals surface area contributed by atoms with E-state index in [1.807, 2.05) is 45.0 Å². The van der Waals surface area contributed by atoms with Gasteiger partial charge in [0.25, 0.3) is 0 Å². The predicted molar refractivity (Wildman–Crippen MR) is 188 cm³/mol. The van der Waals surface area contributed by atoms with E-state index in [1.54, 1.807) is 26.2 Å². The zero-order chi connectivity index (χ0) is 35.3. The number of nitrogens with zero attached hydrogens (tertiary/aromatic N) is 3. The normalized spacial score (nSPS) is 21.9. The molecule has 0 saturated carbocycles. The molecule has 0 saturated heterocycles. The van der Waals surface area contributed by atoms with Crippen LogP contribution < -0.4 is 0 Å². The van der Waals surface area contributed by atoms with Crippen molar-refractivity contribution in [3.8, 4) is 11.4 Å². The molecule has 3 aromatic carbocycles. The molecule has 2 N–H and O–H groups in total. The van der Waals surface area contributed by atoms with Crippen LogP contribution in [0, 0.1) is 17.0 Å². The summed E-state index contributed by atoms with van der Waals surface area (Å²) in [4.78, 5) is 7.90. The lowest BCUT2D eigenvalue weighted by molar-refractivity contribution is 0.195. The molecule has 8 nitrogen and oxygen atoms in total. The van der Waals surface area contributed by atoms with E-state index in [1.165, 1.54) is 28.9 Å². The fourth-order valence-electron chi connectivity index (χ4n) is 7.12. The van der Waals surface area contributed by atoms with Crippen molar-refractivity contribution >= 4 is 31.9 Å². The van der Waals surface area contributed by atoms with E-state index >= 15 is 8.78 Å². The van der Waals surface area contributed by atoms with Gasteiger partial charge in [-0.15, -0.1) is 0 Å². The monoisotopic (exact) mass is 708 g/mol. The van der Waals surface area contributed by atoms with E-state index in [0.29, 0.717) is 48.0 Å². The van der Waals surface area contributed by atoms with Crippen molar-refractivity contribution in [2.75, 3.05) is 11.5 Å². The quantitative estimate of drug-likeness (QED) is 0.199. The third-order valence-electron chi connectivity index (χ3n) is 9.60. The van der Waals surface area contributed by atoms with Gasteiger partial charge in [0.2, 0.25) is 0 Å². The van der Waals surface area contributed by atoms with E-state index in [2.05, 4.69) is 4.98 Å². The number of aromatic nitrogens is 4. The van der Waals surface area contributed by atoms with Gasteiger partial charge in [-0.3, -0.25) is 0 Å². The molecular weight excluding hydrogens is 667 g/mol. The summed E-state index contributed by atoms with van der Waals surface area (Å²) in [7, 11) is -1.95. The summed E-state index contributed by atoms with van der Waals surface area (Å²) in [5.74, 6) is -0.985. The Hall–Kier alpha value is -3.58. The number of fused-ring (bicyclic) bond motifs is 8. The van der Waals surface area contributed by atoms with Crippen molar-refractivity contribution in [3.63, 3.8) is 0 Å². The first-order chi connectivity index (χ1) is 23.1. The molecular formula is C37H42F2N4O4S2. The lowest BCUT2D eigenvalue weighted by Gasteiger charge is -2.31. The standard InChI is InChI=1S/C37H42F2N4O4S2/c1-23(44)18-24-8-6-9-25(19-24)37(4)15-7-14-36(2,3)22-49(46,47)17-13-28-27-12-16-40-32(27)21-31(39)33(28)48(45)26-10-11-30(38)29(20-26)34-41-35(37)42-43(34)5/h6,8-12,16,19-21,23,40,44H,7,13-15,17-18,22H2,1-5H3/t23-,37+,48?/m0/s1. The molecule has 1 aliphatic rings. The zero-order valence-corrected chi connectivity index (χ0v) is 30.0. The maximum absolute atomic E-state index is 15.8. The molecule has 3 atom stereocenters. The number of rotatable bonds is 3. The number of aliphatic hydroxyl groups is 1. The van der Waals surface area contributed by atoms with Gasteiger partial charge in [-0.05, 0) is 74.3 Å². The molecule has 260 valence electrons. The van der Waals surface area contributed by atoms with Crippen LogP contribution in [0.1, 0.15) is 69.5 Å². The van der Waals surface area contributed by atoms with E-state index in [9.17, 15) is 18.1 Å². The van der Waals surface area contributed by atoms with Gasteiger partial charge in [0.15, 0.2) is 37.1 Å². The topological polar surface area (TPSA) is 124 Å². The van der Waals surface area contributed by atoms with Crippen molar-refractivity contribution < 1.29 is 26.9 Å². The fourth-order valence-corrected chi connectivity index (χ4v) is 10.4. The third-order valence-corrected chi connectivity index (χ3v) is 13.1. The zero-order valence-electron chi connectivity index (χ0n) is 28.4. The van der Waals surface area contributed by atoms with Crippen LogP contribution in [-0.4, -0.2) is 55.4 Å². The molecule has 0 aliphatic carbocycles. The highest BCUT2D eigenvalue weighted by atomic mass is 32.2. The molecule has 2 aromatic heterocycles. The van der Waals surface area contributed by atoms with Crippen molar-refractivity contribution in [1.82, 2.24) is 19.7 Å². The molecule has 3 heterocycles. The third kappa shape index (κ3) is 7.19. The minimum Gasteiger partial charge on any atom is -0.606 e. The number of hydrogen-bond donors (Lipinski definition) is 2. The van der Waals surface area contributed by atoms with Gasteiger partial charge in [-0.25, -0.2) is 26.9 Å². The molecule has 12 heteroatoms. The fraction of sp³-hybridized carbons (Fsp3) is 0.405. The Balaban J connectivity index is 1.54. The average molecular weight is 709 g/mol. The average Bonchev–Trinajstić information content (AvgIpc) is 3.65. The molecule has 0 radical (unpaired) electrons. The van der Waals surface area contributed by atoms with Gasteiger partial charge in [-0.1, -0.05) is 44.5 Å². The van der Waals surface area contributed by atoms with Gasteiger partial charge in [-0.2, -0.15) is 5.10 Å². The van der Waals surface area contributed by atoms with Gasteiger partial charge >= 0.3 is 0 Å². The van der Waals surface area contributed by atoms with Crippen LogP contribution in [0.3, 0.4) is 0 Å². The minimum absolute atomic E-state index is 0.0346. The summed E-state index contributed by atoms with van der Waals surface area (Å²) in [6, 6.07) is 14.8. The van der Waals surface area contributed by atoms with E-state index in [4.69, 9.17) is 10.1 Å². The van der Waals surface area contributed by atoms with E-state index < -0.39 is 49.6 Å². The smallest absolute Gasteiger partial charge is 0.198 e. The predicted octanol–water partition coefficient (Wildman–Crippen LogP) is 6.81. The number of aryl methyl sites for hydroxylation is 2. The second-order valence-electron chi connectivity index (χ2n) is 14.3. The van der Waals surface area contributed by atoms with Crippen molar-refractivity contribution in [3.05, 3.63) is 94.9 Å². The number of nitrogens with one attached hydrogen (secondary N) is 1. The summed E-state index contributed by atoms with van der Waals surface area (Å²) in [6.07, 6.45) is 3.33. The second kappa shape index (κ2) is 13.3. The summed E-state index contributed by atoms with van der Waals surface area (Å²) in [6.45, 7) is 7.63. The van der Waals surface area contributed by atoms with E-state index in [0.717, 1.165) is 11.1 Å². The Kier molecular flexibility index (Phi) is 9.55. The molecule has 0 amide bonds. The Labute approximate surface area is 289 Å². The van der Waals surface area contributed by atoms with Gasteiger partial charge < -0.3 is 14.6 Å². The van der Waals surface area contributed by atoms with Gasteiger partial charge in [0, 0.05) is 53.0 Å². The lowest BCUT2D eigenvalue weighted by atomic mass is 9.75. The molecule has 0 spiro atoms. The number of hydrogen-bond acceptors (Lipinski definition) is 6. The maximum Gasteiger partial charge on any atom is 0.198 e. The number of H-pyrrole nitrogens is 1. The van der Waals surface area contributed by atoms with Crippen LogP contribution in [0.2, 0.25) is 0 Å². The second-order valence-corrected chi connectivity index (χ2v) is 17.9. The molecule has 5 aromatic rings. The molecule has 1 aliphatic heterocycles.